The number of esters is 1. The van der Waals surface area contributed by atoms with Gasteiger partial charge in [-0.05, 0) is 26.8 Å². The average molecular weight is 300 g/mol. The van der Waals surface area contributed by atoms with Gasteiger partial charge in [-0.15, -0.1) is 11.3 Å². The molecule has 0 aliphatic carbocycles. The summed E-state index contributed by atoms with van der Waals surface area (Å²) in [6.07, 6.45) is 2.19. The summed E-state index contributed by atoms with van der Waals surface area (Å²) in [5.74, 6) is -0.210. The number of aromatic nitrogens is 1. The van der Waals surface area contributed by atoms with E-state index in [2.05, 4.69) is 10.3 Å². The summed E-state index contributed by atoms with van der Waals surface area (Å²) in [6, 6.07) is 0. The minimum absolute atomic E-state index is 0.210. The SMILES string of the molecule is CCOCCCNCCc1nc(CC(=O)OCC)cs1. The van der Waals surface area contributed by atoms with Gasteiger partial charge in [0.25, 0.3) is 0 Å². The normalized spacial score (nSPS) is 10.7. The van der Waals surface area contributed by atoms with E-state index in [4.69, 9.17) is 9.47 Å². The van der Waals surface area contributed by atoms with Gasteiger partial charge < -0.3 is 14.8 Å². The molecule has 114 valence electrons. The maximum absolute atomic E-state index is 11.3. The van der Waals surface area contributed by atoms with E-state index in [1.807, 2.05) is 19.2 Å². The molecule has 0 radical (unpaired) electrons. The second-order valence-corrected chi connectivity index (χ2v) is 5.21. The first-order valence-electron chi connectivity index (χ1n) is 7.13. The van der Waals surface area contributed by atoms with Crippen LogP contribution in [0.3, 0.4) is 0 Å². The Kier molecular flexibility index (Phi) is 9.19. The number of hydrogen-bond acceptors (Lipinski definition) is 6. The van der Waals surface area contributed by atoms with Gasteiger partial charge in [0.15, 0.2) is 0 Å². The van der Waals surface area contributed by atoms with Crippen LogP contribution < -0.4 is 5.32 Å². The predicted octanol–water partition coefficient (Wildman–Crippen LogP) is 1.81. The van der Waals surface area contributed by atoms with E-state index in [-0.39, 0.29) is 12.4 Å². The summed E-state index contributed by atoms with van der Waals surface area (Å²) in [5.41, 5.74) is 0.805. The number of carbonyl (C=O) groups is 1. The van der Waals surface area contributed by atoms with Crippen LogP contribution in [0.1, 0.15) is 31.0 Å². The van der Waals surface area contributed by atoms with E-state index in [1.165, 1.54) is 0 Å². The summed E-state index contributed by atoms with van der Waals surface area (Å²) in [4.78, 5) is 15.8. The third kappa shape index (κ3) is 7.57. The average Bonchev–Trinajstić information content (AvgIpc) is 2.85. The second kappa shape index (κ2) is 10.8. The Balaban J connectivity index is 2.12. The van der Waals surface area contributed by atoms with Crippen LogP contribution in [-0.2, 0) is 27.1 Å². The Morgan fingerprint density at radius 3 is 2.95 bits per heavy atom. The summed E-state index contributed by atoms with van der Waals surface area (Å²) >= 11 is 1.60. The van der Waals surface area contributed by atoms with Crippen LogP contribution >= 0.6 is 11.3 Å². The zero-order valence-corrected chi connectivity index (χ0v) is 13.1. The molecule has 0 bridgehead atoms. The van der Waals surface area contributed by atoms with Crippen LogP contribution in [0.5, 0.6) is 0 Å². The van der Waals surface area contributed by atoms with E-state index in [0.29, 0.717) is 6.61 Å². The lowest BCUT2D eigenvalue weighted by Gasteiger charge is -2.03. The first-order chi connectivity index (χ1) is 9.76. The number of rotatable bonds is 11. The smallest absolute Gasteiger partial charge is 0.311 e. The molecule has 1 N–H and O–H groups in total. The van der Waals surface area contributed by atoms with Gasteiger partial charge in [-0.25, -0.2) is 4.98 Å². The molecule has 1 aromatic heterocycles. The van der Waals surface area contributed by atoms with Gasteiger partial charge in [0.1, 0.15) is 0 Å². The first-order valence-corrected chi connectivity index (χ1v) is 8.01. The predicted molar refractivity (Wildman–Crippen MR) is 80.1 cm³/mol. The highest BCUT2D eigenvalue weighted by Crippen LogP contribution is 2.11. The molecule has 5 nitrogen and oxygen atoms in total. The van der Waals surface area contributed by atoms with Crippen molar-refractivity contribution in [3.05, 3.63) is 16.1 Å². The first kappa shape index (κ1) is 17.1. The van der Waals surface area contributed by atoms with Crippen LogP contribution in [0.4, 0.5) is 0 Å². The van der Waals surface area contributed by atoms with Gasteiger partial charge in [-0.3, -0.25) is 4.79 Å². The van der Waals surface area contributed by atoms with Crippen LogP contribution in [0.2, 0.25) is 0 Å². The van der Waals surface area contributed by atoms with Crippen molar-refractivity contribution in [3.63, 3.8) is 0 Å². The minimum atomic E-state index is -0.210. The number of nitrogens with zero attached hydrogens (tertiary/aromatic N) is 1. The second-order valence-electron chi connectivity index (χ2n) is 4.26. The Morgan fingerprint density at radius 2 is 2.20 bits per heavy atom. The Morgan fingerprint density at radius 1 is 1.35 bits per heavy atom. The van der Waals surface area contributed by atoms with E-state index < -0.39 is 0 Å². The van der Waals surface area contributed by atoms with Crippen molar-refractivity contribution in [3.8, 4) is 0 Å². The summed E-state index contributed by atoms with van der Waals surface area (Å²) in [5, 5.41) is 6.35. The Labute approximate surface area is 124 Å². The summed E-state index contributed by atoms with van der Waals surface area (Å²) < 4.78 is 10.2. The van der Waals surface area contributed by atoms with Crippen molar-refractivity contribution in [2.45, 2.75) is 33.1 Å². The molecule has 0 unspecified atom stereocenters. The van der Waals surface area contributed by atoms with E-state index in [9.17, 15) is 4.79 Å². The van der Waals surface area contributed by atoms with Crippen molar-refractivity contribution in [1.82, 2.24) is 10.3 Å². The molecule has 1 heterocycles. The van der Waals surface area contributed by atoms with Crippen LogP contribution in [0.25, 0.3) is 0 Å². The molecule has 0 aliphatic rings. The molecule has 20 heavy (non-hydrogen) atoms. The summed E-state index contributed by atoms with van der Waals surface area (Å²) in [6.45, 7) is 7.68. The number of ether oxygens (including phenoxy) is 2. The van der Waals surface area contributed by atoms with Crippen molar-refractivity contribution >= 4 is 17.3 Å². The van der Waals surface area contributed by atoms with Crippen molar-refractivity contribution < 1.29 is 14.3 Å². The lowest BCUT2D eigenvalue weighted by molar-refractivity contribution is -0.142. The minimum Gasteiger partial charge on any atom is -0.466 e. The zero-order valence-electron chi connectivity index (χ0n) is 12.3. The molecule has 0 amide bonds. The fourth-order valence-electron chi connectivity index (χ4n) is 1.67. The monoisotopic (exact) mass is 300 g/mol. The van der Waals surface area contributed by atoms with Gasteiger partial charge in [-0.2, -0.15) is 0 Å². The quantitative estimate of drug-likeness (QED) is 0.499. The maximum atomic E-state index is 11.3. The highest BCUT2D eigenvalue weighted by Gasteiger charge is 2.08. The zero-order chi connectivity index (χ0) is 14.6. The number of nitrogens with one attached hydrogen (secondary N) is 1. The van der Waals surface area contributed by atoms with Crippen molar-refractivity contribution in [2.24, 2.45) is 0 Å². The molecule has 0 spiro atoms. The third-order valence-corrected chi connectivity index (χ3v) is 3.55. The lowest BCUT2D eigenvalue weighted by atomic mass is 10.3. The highest BCUT2D eigenvalue weighted by atomic mass is 32.1. The third-order valence-electron chi connectivity index (χ3n) is 2.59. The maximum Gasteiger partial charge on any atom is 0.311 e. The fraction of sp³-hybridized carbons (Fsp3) is 0.714. The Hall–Kier alpha value is -0.980. The molecular weight excluding hydrogens is 276 g/mol. The van der Waals surface area contributed by atoms with Gasteiger partial charge in [0.05, 0.1) is 23.7 Å². The van der Waals surface area contributed by atoms with E-state index >= 15 is 0 Å². The fourth-order valence-corrected chi connectivity index (χ4v) is 2.47. The lowest BCUT2D eigenvalue weighted by Crippen LogP contribution is -2.19. The molecule has 0 saturated carbocycles. The highest BCUT2D eigenvalue weighted by molar-refractivity contribution is 7.09. The molecule has 0 fully saturated rings. The topological polar surface area (TPSA) is 60.5 Å². The van der Waals surface area contributed by atoms with Crippen LogP contribution in [0, 0.1) is 0 Å². The molecule has 0 saturated heterocycles. The molecule has 1 rings (SSSR count). The Bertz CT molecular complexity index is 382. The van der Waals surface area contributed by atoms with Gasteiger partial charge in [0, 0.05) is 31.6 Å². The van der Waals surface area contributed by atoms with Crippen LogP contribution in [0.15, 0.2) is 5.38 Å². The van der Waals surface area contributed by atoms with Gasteiger partial charge >= 0.3 is 5.97 Å². The standard InChI is InChI=1S/C14H24N2O3S/c1-3-18-9-5-7-15-8-6-13-16-12(11-20-13)10-14(17)19-4-2/h11,15H,3-10H2,1-2H3. The van der Waals surface area contributed by atoms with Crippen LogP contribution in [-0.4, -0.2) is 43.9 Å². The van der Waals surface area contributed by atoms with Gasteiger partial charge in [-0.1, -0.05) is 0 Å². The van der Waals surface area contributed by atoms with Gasteiger partial charge in [0.2, 0.25) is 0 Å². The molecule has 6 heteroatoms. The van der Waals surface area contributed by atoms with E-state index in [1.54, 1.807) is 11.3 Å². The largest absolute Gasteiger partial charge is 0.466 e. The number of thiazole rings is 1. The molecule has 0 aliphatic heterocycles. The van der Waals surface area contributed by atoms with Crippen molar-refractivity contribution in [2.75, 3.05) is 32.9 Å². The van der Waals surface area contributed by atoms with E-state index in [0.717, 1.165) is 49.8 Å². The summed E-state index contributed by atoms with van der Waals surface area (Å²) in [7, 11) is 0. The number of carbonyl (C=O) groups excluding carboxylic acids is 1. The molecule has 0 aromatic carbocycles. The molecular formula is C14H24N2O3S. The van der Waals surface area contributed by atoms with Crippen molar-refractivity contribution in [1.29, 1.82) is 0 Å². The molecule has 1 aromatic rings. The molecule has 0 atom stereocenters. The number of hydrogen-bond donors (Lipinski definition) is 1.